The van der Waals surface area contributed by atoms with Crippen LogP contribution in [-0.4, -0.2) is 30.2 Å². The van der Waals surface area contributed by atoms with Crippen LogP contribution in [0.5, 0.6) is 0 Å². The second-order valence-corrected chi connectivity index (χ2v) is 5.33. The van der Waals surface area contributed by atoms with Crippen LogP contribution in [0.3, 0.4) is 0 Å². The van der Waals surface area contributed by atoms with Crippen molar-refractivity contribution in [3.63, 3.8) is 0 Å². The van der Waals surface area contributed by atoms with E-state index in [9.17, 15) is 13.2 Å². The van der Waals surface area contributed by atoms with Crippen LogP contribution in [0.1, 0.15) is 30.3 Å². The second-order valence-electron chi connectivity index (χ2n) is 3.49. The van der Waals surface area contributed by atoms with Crippen LogP contribution in [0.4, 0.5) is 5.82 Å². The average molecular weight is 258 g/mol. The molecule has 0 aliphatic carbocycles. The average Bonchev–Trinajstić information content (AvgIpc) is 2.26. The van der Waals surface area contributed by atoms with Crippen LogP contribution >= 0.6 is 0 Å². The molecule has 7 heteroatoms. The van der Waals surface area contributed by atoms with Crippen LogP contribution in [0.15, 0.2) is 18.2 Å². The fraction of sp³-hybridized carbons (Fsp3) is 0.400. The third kappa shape index (κ3) is 4.39. The third-order valence-corrected chi connectivity index (χ3v) is 3.34. The maximum atomic E-state index is 11.5. The molecule has 0 fully saturated rings. The lowest BCUT2D eigenvalue weighted by atomic mass is 10.3. The number of hydrogen-bond acceptors (Lipinski definition) is 4. The fourth-order valence-corrected chi connectivity index (χ4v) is 2.36. The lowest BCUT2D eigenvalue weighted by Gasteiger charge is -2.06. The van der Waals surface area contributed by atoms with Crippen molar-refractivity contribution >= 4 is 21.8 Å². The first-order chi connectivity index (χ1) is 7.94. The van der Waals surface area contributed by atoms with Gasteiger partial charge in [0.1, 0.15) is 5.82 Å². The van der Waals surface area contributed by atoms with Crippen molar-refractivity contribution in [1.29, 1.82) is 0 Å². The molecule has 0 aliphatic heterocycles. The predicted molar refractivity (Wildman–Crippen MR) is 63.5 cm³/mol. The van der Waals surface area contributed by atoms with Crippen LogP contribution in [0.25, 0.3) is 0 Å². The third-order valence-electron chi connectivity index (χ3n) is 1.99. The quantitative estimate of drug-likeness (QED) is 0.802. The number of anilines is 1. The fourth-order valence-electron chi connectivity index (χ4n) is 1.16. The summed E-state index contributed by atoms with van der Waals surface area (Å²) in [5.74, 6) is -1.16. The van der Waals surface area contributed by atoms with E-state index in [-0.39, 0.29) is 17.3 Å². The Labute approximate surface area is 99.7 Å². The SMILES string of the molecule is CCCCS(=O)(=O)Nc1cccc(C(=O)O)n1. The molecule has 0 spiro atoms. The van der Waals surface area contributed by atoms with Gasteiger partial charge in [-0.3, -0.25) is 4.72 Å². The molecule has 17 heavy (non-hydrogen) atoms. The Morgan fingerprint density at radius 1 is 1.47 bits per heavy atom. The van der Waals surface area contributed by atoms with Gasteiger partial charge in [0, 0.05) is 0 Å². The van der Waals surface area contributed by atoms with Gasteiger partial charge < -0.3 is 5.11 Å². The van der Waals surface area contributed by atoms with Crippen LogP contribution < -0.4 is 4.72 Å². The van der Waals surface area contributed by atoms with Crippen LogP contribution in [0, 0.1) is 0 Å². The van der Waals surface area contributed by atoms with Crippen molar-refractivity contribution in [2.75, 3.05) is 10.5 Å². The van der Waals surface area contributed by atoms with E-state index in [0.717, 1.165) is 6.42 Å². The molecule has 0 radical (unpaired) electrons. The summed E-state index contributed by atoms with van der Waals surface area (Å²) in [5, 5.41) is 8.71. The lowest BCUT2D eigenvalue weighted by molar-refractivity contribution is 0.0690. The molecule has 1 aromatic heterocycles. The number of aromatic carboxylic acids is 1. The summed E-state index contributed by atoms with van der Waals surface area (Å²) in [5.41, 5.74) is -0.194. The second kappa shape index (κ2) is 5.62. The monoisotopic (exact) mass is 258 g/mol. The Bertz CT molecular complexity index is 499. The minimum atomic E-state index is -3.44. The number of nitrogens with zero attached hydrogens (tertiary/aromatic N) is 1. The maximum Gasteiger partial charge on any atom is 0.354 e. The number of carbonyl (C=O) groups is 1. The first-order valence-corrected chi connectivity index (χ1v) is 6.80. The minimum absolute atomic E-state index is 0.00246. The maximum absolute atomic E-state index is 11.5. The van der Waals surface area contributed by atoms with Gasteiger partial charge in [-0.1, -0.05) is 19.4 Å². The van der Waals surface area contributed by atoms with E-state index in [1.807, 2.05) is 6.92 Å². The highest BCUT2D eigenvalue weighted by Crippen LogP contribution is 2.08. The molecular weight excluding hydrogens is 244 g/mol. The van der Waals surface area contributed by atoms with Crippen LogP contribution in [0.2, 0.25) is 0 Å². The molecular formula is C10H14N2O4S. The normalized spacial score (nSPS) is 11.1. The van der Waals surface area contributed by atoms with E-state index in [1.54, 1.807) is 0 Å². The molecule has 1 aromatic rings. The number of hydrogen-bond donors (Lipinski definition) is 2. The zero-order chi connectivity index (χ0) is 12.9. The number of sulfonamides is 1. The highest BCUT2D eigenvalue weighted by molar-refractivity contribution is 7.92. The van der Waals surface area contributed by atoms with Gasteiger partial charge in [-0.2, -0.15) is 0 Å². The van der Waals surface area contributed by atoms with Crippen molar-refractivity contribution in [2.45, 2.75) is 19.8 Å². The predicted octanol–water partition coefficient (Wildman–Crippen LogP) is 1.32. The van der Waals surface area contributed by atoms with Crippen molar-refractivity contribution in [3.8, 4) is 0 Å². The van der Waals surface area contributed by atoms with E-state index >= 15 is 0 Å². The highest BCUT2D eigenvalue weighted by Gasteiger charge is 2.12. The van der Waals surface area contributed by atoms with E-state index in [2.05, 4.69) is 9.71 Å². The number of nitrogens with one attached hydrogen (secondary N) is 1. The van der Waals surface area contributed by atoms with Gasteiger partial charge >= 0.3 is 5.97 Å². The Morgan fingerprint density at radius 3 is 2.76 bits per heavy atom. The van der Waals surface area contributed by atoms with E-state index in [1.165, 1.54) is 18.2 Å². The summed E-state index contributed by atoms with van der Waals surface area (Å²) in [6.07, 6.45) is 1.32. The first kappa shape index (κ1) is 13.4. The molecule has 0 aromatic carbocycles. The Hall–Kier alpha value is -1.63. The zero-order valence-electron chi connectivity index (χ0n) is 9.38. The van der Waals surface area contributed by atoms with Gasteiger partial charge in [0.05, 0.1) is 5.75 Å². The number of carboxylic acids is 1. The van der Waals surface area contributed by atoms with E-state index in [0.29, 0.717) is 6.42 Å². The summed E-state index contributed by atoms with van der Waals surface area (Å²) in [7, 11) is -3.44. The lowest BCUT2D eigenvalue weighted by Crippen LogP contribution is -2.18. The Kier molecular flexibility index (Phi) is 4.45. The van der Waals surface area contributed by atoms with E-state index < -0.39 is 16.0 Å². The van der Waals surface area contributed by atoms with Crippen molar-refractivity contribution in [3.05, 3.63) is 23.9 Å². The van der Waals surface area contributed by atoms with Gasteiger partial charge in [0.15, 0.2) is 5.69 Å². The molecule has 0 saturated carbocycles. The van der Waals surface area contributed by atoms with Crippen LogP contribution in [-0.2, 0) is 10.0 Å². The molecule has 0 bridgehead atoms. The van der Waals surface area contributed by atoms with Crippen molar-refractivity contribution < 1.29 is 18.3 Å². The number of unbranched alkanes of at least 4 members (excludes halogenated alkanes) is 1. The number of aromatic nitrogens is 1. The summed E-state index contributed by atoms with van der Waals surface area (Å²) < 4.78 is 25.3. The summed E-state index contributed by atoms with van der Waals surface area (Å²) >= 11 is 0. The molecule has 0 aliphatic rings. The first-order valence-electron chi connectivity index (χ1n) is 5.15. The Balaban J connectivity index is 2.81. The van der Waals surface area contributed by atoms with Gasteiger partial charge in [-0.05, 0) is 18.6 Å². The van der Waals surface area contributed by atoms with Crippen molar-refractivity contribution in [2.24, 2.45) is 0 Å². The van der Waals surface area contributed by atoms with Gasteiger partial charge in [-0.25, -0.2) is 18.2 Å². The van der Waals surface area contributed by atoms with E-state index in [4.69, 9.17) is 5.11 Å². The molecule has 1 heterocycles. The molecule has 0 atom stereocenters. The standard InChI is InChI=1S/C10H14N2O4S/c1-2-3-7-17(15,16)12-9-6-4-5-8(11-9)10(13)14/h4-6H,2-3,7H2,1H3,(H,11,12)(H,13,14). The molecule has 0 saturated heterocycles. The van der Waals surface area contributed by atoms with Gasteiger partial charge in [0.2, 0.25) is 10.0 Å². The summed E-state index contributed by atoms with van der Waals surface area (Å²) in [4.78, 5) is 14.3. The zero-order valence-corrected chi connectivity index (χ0v) is 10.2. The smallest absolute Gasteiger partial charge is 0.354 e. The summed E-state index contributed by atoms with van der Waals surface area (Å²) in [6.45, 7) is 1.89. The number of pyridine rings is 1. The molecule has 0 amide bonds. The minimum Gasteiger partial charge on any atom is -0.477 e. The number of carboxylic acid groups (broad SMARTS) is 1. The van der Waals surface area contributed by atoms with Gasteiger partial charge in [0.25, 0.3) is 0 Å². The number of rotatable bonds is 6. The molecule has 0 unspecified atom stereocenters. The molecule has 94 valence electrons. The topological polar surface area (TPSA) is 96.4 Å². The molecule has 6 nitrogen and oxygen atoms in total. The highest BCUT2D eigenvalue weighted by atomic mass is 32.2. The Morgan fingerprint density at radius 2 is 2.18 bits per heavy atom. The molecule has 2 N–H and O–H groups in total. The largest absolute Gasteiger partial charge is 0.477 e. The molecule has 1 rings (SSSR count). The van der Waals surface area contributed by atoms with Crippen molar-refractivity contribution in [1.82, 2.24) is 4.98 Å². The summed E-state index contributed by atoms with van der Waals surface area (Å²) in [6, 6.07) is 4.15. The van der Waals surface area contributed by atoms with Gasteiger partial charge in [-0.15, -0.1) is 0 Å².